The summed E-state index contributed by atoms with van der Waals surface area (Å²) in [6, 6.07) is 7.48. The van der Waals surface area contributed by atoms with Gasteiger partial charge in [-0.1, -0.05) is 29.8 Å². The highest BCUT2D eigenvalue weighted by molar-refractivity contribution is 5.82. The molecule has 1 fully saturated rings. The molecule has 0 radical (unpaired) electrons. The van der Waals surface area contributed by atoms with E-state index in [2.05, 4.69) is 9.97 Å². The van der Waals surface area contributed by atoms with Gasteiger partial charge in [-0.15, -0.1) is 0 Å². The minimum absolute atomic E-state index is 0.0507. The van der Waals surface area contributed by atoms with Gasteiger partial charge in [-0.2, -0.15) is 0 Å². The van der Waals surface area contributed by atoms with Crippen molar-refractivity contribution in [3.63, 3.8) is 0 Å². The van der Waals surface area contributed by atoms with Gasteiger partial charge < -0.3 is 20.8 Å². The van der Waals surface area contributed by atoms with Crippen LogP contribution >= 0.6 is 0 Å². The molecule has 0 aliphatic carbocycles. The van der Waals surface area contributed by atoms with Gasteiger partial charge in [0.1, 0.15) is 18.2 Å². The monoisotopic (exact) mass is 417 g/mol. The van der Waals surface area contributed by atoms with Crippen LogP contribution in [0.4, 0.5) is 19.4 Å². The van der Waals surface area contributed by atoms with Gasteiger partial charge in [0.15, 0.2) is 0 Å². The van der Waals surface area contributed by atoms with E-state index < -0.39 is 24.5 Å². The number of ether oxygens (including phenoxy) is 1. The molecule has 7 nitrogen and oxygen atoms in total. The fourth-order valence-corrected chi connectivity index (χ4v) is 3.40. The van der Waals surface area contributed by atoms with Crippen molar-refractivity contribution in [2.75, 3.05) is 18.8 Å². The summed E-state index contributed by atoms with van der Waals surface area (Å²) in [4.78, 5) is 21.4. The maximum atomic E-state index is 14.6. The lowest BCUT2D eigenvalue weighted by molar-refractivity contribution is -0.108. The minimum Gasteiger partial charge on any atom is -0.445 e. The van der Waals surface area contributed by atoms with E-state index in [1.54, 1.807) is 0 Å². The molecule has 0 spiro atoms. The van der Waals surface area contributed by atoms with Crippen molar-refractivity contribution in [1.29, 1.82) is 5.41 Å². The van der Waals surface area contributed by atoms with Gasteiger partial charge in [0.05, 0.1) is 12.1 Å². The number of benzene rings is 1. The molecule has 3 rings (SSSR count). The predicted molar refractivity (Wildman–Crippen MR) is 109 cm³/mol. The van der Waals surface area contributed by atoms with Crippen LogP contribution in [0.25, 0.3) is 0 Å². The molecule has 160 valence electrons. The van der Waals surface area contributed by atoms with Crippen LogP contribution in [0.3, 0.4) is 0 Å². The van der Waals surface area contributed by atoms with Crippen LogP contribution in [-0.2, 0) is 17.8 Å². The van der Waals surface area contributed by atoms with Crippen LogP contribution in [-0.4, -0.2) is 46.2 Å². The first-order chi connectivity index (χ1) is 14.3. The fraction of sp³-hybridized carbons (Fsp3) is 0.429. The number of nitrogens with zero attached hydrogens (tertiary/aromatic N) is 3. The molecule has 2 heterocycles. The molecule has 2 aromatic rings. The maximum absolute atomic E-state index is 14.6. The normalized spacial score (nSPS) is 18.1. The number of nitrogen functional groups attached to an aromatic ring is 1. The van der Waals surface area contributed by atoms with Crippen molar-refractivity contribution in [3.05, 3.63) is 53.0 Å². The first kappa shape index (κ1) is 21.6. The molecule has 1 aliphatic heterocycles. The highest BCUT2D eigenvalue weighted by atomic mass is 19.3. The second-order valence-corrected chi connectivity index (χ2v) is 7.52. The van der Waals surface area contributed by atoms with Crippen LogP contribution in [0.15, 0.2) is 30.5 Å². The highest BCUT2D eigenvalue weighted by Crippen LogP contribution is 2.36. The van der Waals surface area contributed by atoms with Crippen molar-refractivity contribution in [2.24, 2.45) is 5.92 Å². The Morgan fingerprint density at radius 3 is 2.77 bits per heavy atom. The number of amides is 1. The molecule has 1 amide bonds. The van der Waals surface area contributed by atoms with Gasteiger partial charge >= 0.3 is 6.09 Å². The molecule has 1 aromatic carbocycles. The molecule has 1 saturated heterocycles. The van der Waals surface area contributed by atoms with E-state index in [-0.39, 0.29) is 38.2 Å². The van der Waals surface area contributed by atoms with Crippen molar-refractivity contribution in [2.45, 2.75) is 38.7 Å². The zero-order chi connectivity index (χ0) is 21.7. The van der Waals surface area contributed by atoms with Crippen molar-refractivity contribution >= 4 is 18.1 Å². The summed E-state index contributed by atoms with van der Waals surface area (Å²) in [6.45, 7) is 1.55. The first-order valence-electron chi connectivity index (χ1n) is 9.75. The lowest BCUT2D eigenvalue weighted by atomic mass is 9.88. The van der Waals surface area contributed by atoms with Crippen LogP contribution < -0.4 is 5.73 Å². The van der Waals surface area contributed by atoms with Gasteiger partial charge in [-0.25, -0.2) is 23.5 Å². The lowest BCUT2D eigenvalue weighted by Gasteiger charge is -2.37. The van der Waals surface area contributed by atoms with E-state index >= 15 is 0 Å². The van der Waals surface area contributed by atoms with Crippen molar-refractivity contribution in [1.82, 2.24) is 14.9 Å². The standard InChI is InChI=1S/C21H25F2N5O2/c1-14-2-4-15(5-3-14)12-30-20(29)28-9-8-17(21(22,23)13-28)6-7-18-26-11-16(10-24)19(25)27-18/h2-5,10-11,17,24H,6-9,12-13H2,1H3,(H2,25,26,27)/t17-/m0/s1. The highest BCUT2D eigenvalue weighted by Gasteiger charge is 2.45. The fourth-order valence-electron chi connectivity index (χ4n) is 3.40. The Balaban J connectivity index is 1.51. The zero-order valence-corrected chi connectivity index (χ0v) is 16.8. The number of aryl methyl sites for hydroxylation is 2. The molecule has 3 N–H and O–H groups in total. The molecule has 1 aromatic heterocycles. The summed E-state index contributed by atoms with van der Waals surface area (Å²) >= 11 is 0. The molecule has 1 atom stereocenters. The summed E-state index contributed by atoms with van der Waals surface area (Å²) < 4.78 is 34.5. The third kappa shape index (κ3) is 5.28. The quantitative estimate of drug-likeness (QED) is 0.699. The Morgan fingerprint density at radius 1 is 1.40 bits per heavy atom. The molecule has 30 heavy (non-hydrogen) atoms. The van der Waals surface area contributed by atoms with Gasteiger partial charge in [0.25, 0.3) is 5.92 Å². The number of rotatable bonds is 6. The number of aromatic nitrogens is 2. The number of alkyl halides is 2. The Bertz CT molecular complexity index is 905. The topological polar surface area (TPSA) is 105 Å². The van der Waals surface area contributed by atoms with Crippen molar-refractivity contribution < 1.29 is 18.3 Å². The van der Waals surface area contributed by atoms with E-state index in [0.717, 1.165) is 22.2 Å². The maximum Gasteiger partial charge on any atom is 0.410 e. The van der Waals surface area contributed by atoms with Crippen LogP contribution in [0.1, 0.15) is 35.4 Å². The summed E-state index contributed by atoms with van der Waals surface area (Å²) in [5.41, 5.74) is 8.00. The van der Waals surface area contributed by atoms with Gasteiger partial charge in [-0.05, 0) is 25.3 Å². The molecule has 9 heteroatoms. The number of nitrogens with two attached hydrogens (primary N) is 1. The van der Waals surface area contributed by atoms with E-state index in [1.807, 2.05) is 31.2 Å². The van der Waals surface area contributed by atoms with E-state index in [4.69, 9.17) is 15.9 Å². The second-order valence-electron chi connectivity index (χ2n) is 7.52. The average molecular weight is 417 g/mol. The summed E-state index contributed by atoms with van der Waals surface area (Å²) in [5, 5.41) is 7.18. The van der Waals surface area contributed by atoms with Gasteiger partial charge in [0.2, 0.25) is 0 Å². The number of halogens is 2. The number of nitrogens with one attached hydrogen (secondary N) is 1. The number of carbonyl (C=O) groups excluding carboxylic acids is 1. The van der Waals surface area contributed by atoms with Crippen LogP contribution in [0, 0.1) is 18.3 Å². The Morgan fingerprint density at radius 2 is 2.13 bits per heavy atom. The van der Waals surface area contributed by atoms with Crippen molar-refractivity contribution in [3.8, 4) is 0 Å². The second kappa shape index (κ2) is 9.15. The molecule has 0 unspecified atom stereocenters. The minimum atomic E-state index is -3.03. The summed E-state index contributed by atoms with van der Waals surface area (Å²) in [5.74, 6) is -3.38. The summed E-state index contributed by atoms with van der Waals surface area (Å²) in [6.07, 6.45) is 2.33. The number of hydrogen-bond acceptors (Lipinski definition) is 6. The summed E-state index contributed by atoms with van der Waals surface area (Å²) in [7, 11) is 0. The third-order valence-corrected chi connectivity index (χ3v) is 5.26. The molecule has 1 aliphatic rings. The molecular formula is C21H25F2N5O2. The van der Waals surface area contributed by atoms with Crippen LogP contribution in [0.2, 0.25) is 0 Å². The molecular weight excluding hydrogens is 392 g/mol. The Hall–Kier alpha value is -3.10. The number of hydrogen-bond donors (Lipinski definition) is 2. The van der Waals surface area contributed by atoms with E-state index in [9.17, 15) is 13.6 Å². The largest absolute Gasteiger partial charge is 0.445 e. The van der Waals surface area contributed by atoms with Crippen LogP contribution in [0.5, 0.6) is 0 Å². The Kier molecular flexibility index (Phi) is 6.59. The molecule has 0 saturated carbocycles. The Labute approximate surface area is 173 Å². The number of likely N-dealkylation sites (tertiary alicyclic amines) is 1. The van der Waals surface area contributed by atoms with Gasteiger partial charge in [-0.3, -0.25) is 0 Å². The zero-order valence-electron chi connectivity index (χ0n) is 16.8. The number of anilines is 1. The average Bonchev–Trinajstić information content (AvgIpc) is 2.71. The van der Waals surface area contributed by atoms with E-state index in [0.29, 0.717) is 11.4 Å². The van der Waals surface area contributed by atoms with Gasteiger partial charge in [0, 0.05) is 31.3 Å². The third-order valence-electron chi connectivity index (χ3n) is 5.26. The SMILES string of the molecule is Cc1ccc(COC(=O)N2CC[C@H](CCc3ncc(C=N)c(N)n3)C(F)(F)C2)cc1. The predicted octanol–water partition coefficient (Wildman–Crippen LogP) is 3.59. The smallest absolute Gasteiger partial charge is 0.410 e. The number of carbonyl (C=O) groups is 1. The van der Waals surface area contributed by atoms with E-state index in [1.165, 1.54) is 6.20 Å². The molecule has 0 bridgehead atoms. The lowest BCUT2D eigenvalue weighted by Crippen LogP contribution is -2.51. The first-order valence-corrected chi connectivity index (χ1v) is 9.75. The number of piperidine rings is 1.